The van der Waals surface area contributed by atoms with Crippen molar-refractivity contribution in [3.05, 3.63) is 59.7 Å². The Morgan fingerprint density at radius 1 is 1.16 bits per heavy atom. The molecule has 1 aliphatic heterocycles. The van der Waals surface area contributed by atoms with Gasteiger partial charge >= 0.3 is 0 Å². The van der Waals surface area contributed by atoms with Crippen LogP contribution in [0.1, 0.15) is 18.6 Å². The minimum atomic E-state index is -1.17. The molecule has 2 aromatic rings. The summed E-state index contributed by atoms with van der Waals surface area (Å²) < 4.78 is 37.4. The van der Waals surface area contributed by atoms with Crippen LogP contribution < -0.4 is 14.8 Å². The Morgan fingerprint density at radius 2 is 1.84 bits per heavy atom. The first kappa shape index (κ1) is 17.2. The zero-order valence-electron chi connectivity index (χ0n) is 13.4. The quantitative estimate of drug-likeness (QED) is 0.889. The smallest absolute Gasteiger partial charge is 0.265 e. The van der Waals surface area contributed by atoms with Gasteiger partial charge in [-0.1, -0.05) is 18.2 Å². The molecule has 0 bridgehead atoms. The van der Waals surface area contributed by atoms with E-state index in [2.05, 4.69) is 5.32 Å². The fourth-order valence-corrected chi connectivity index (χ4v) is 2.54. The topological polar surface area (TPSA) is 67.8 Å². The van der Waals surface area contributed by atoms with Crippen LogP contribution in [0.2, 0.25) is 0 Å². The molecule has 0 saturated heterocycles. The number of rotatable bonds is 4. The van der Waals surface area contributed by atoms with Crippen molar-refractivity contribution in [2.75, 3.05) is 6.54 Å². The molecule has 0 radical (unpaired) electrons. The summed E-state index contributed by atoms with van der Waals surface area (Å²) in [6.45, 7) is 1.53. The van der Waals surface area contributed by atoms with Gasteiger partial charge in [0.05, 0.1) is 6.10 Å². The molecule has 1 heterocycles. The molecule has 5 nitrogen and oxygen atoms in total. The van der Waals surface area contributed by atoms with Gasteiger partial charge in [0, 0.05) is 6.54 Å². The molecule has 1 amide bonds. The highest BCUT2D eigenvalue weighted by Crippen LogP contribution is 2.33. The van der Waals surface area contributed by atoms with Gasteiger partial charge in [-0.15, -0.1) is 0 Å². The molecule has 0 fully saturated rings. The van der Waals surface area contributed by atoms with Crippen LogP contribution in [0.25, 0.3) is 0 Å². The van der Waals surface area contributed by atoms with Crippen molar-refractivity contribution in [2.45, 2.75) is 25.2 Å². The second-order valence-electron chi connectivity index (χ2n) is 5.74. The van der Waals surface area contributed by atoms with Crippen molar-refractivity contribution in [1.29, 1.82) is 0 Å². The zero-order chi connectivity index (χ0) is 18.0. The highest BCUT2D eigenvalue weighted by atomic mass is 19.2. The van der Waals surface area contributed by atoms with Crippen LogP contribution in [0.5, 0.6) is 11.5 Å². The Kier molecular flexibility index (Phi) is 4.85. The summed E-state index contributed by atoms with van der Waals surface area (Å²) in [6, 6.07) is 10.1. The zero-order valence-corrected chi connectivity index (χ0v) is 13.4. The summed E-state index contributed by atoms with van der Waals surface area (Å²) in [5.41, 5.74) is 0.165. The number of amides is 1. The van der Waals surface area contributed by atoms with Gasteiger partial charge in [-0.3, -0.25) is 4.79 Å². The number of fused-ring (bicyclic) bond motifs is 1. The van der Waals surface area contributed by atoms with Crippen molar-refractivity contribution in [1.82, 2.24) is 5.32 Å². The van der Waals surface area contributed by atoms with Gasteiger partial charge < -0.3 is 19.9 Å². The second kappa shape index (κ2) is 7.06. The SMILES string of the molecule is C[C@@H]1Oc2ccccc2O[C@H]1C(=O)NC[C@@H](O)c1ccc(F)c(F)c1. The number of aliphatic hydroxyl groups is 1. The monoisotopic (exact) mass is 349 g/mol. The van der Waals surface area contributed by atoms with E-state index in [4.69, 9.17) is 9.47 Å². The fourth-order valence-electron chi connectivity index (χ4n) is 2.54. The third kappa shape index (κ3) is 3.71. The highest BCUT2D eigenvalue weighted by Gasteiger charge is 2.34. The first-order valence-electron chi connectivity index (χ1n) is 7.79. The van der Waals surface area contributed by atoms with Gasteiger partial charge in [-0.2, -0.15) is 0 Å². The Hall–Kier alpha value is -2.67. The minimum absolute atomic E-state index is 0.165. The fraction of sp³-hybridized carbons (Fsp3) is 0.278. The molecule has 25 heavy (non-hydrogen) atoms. The number of halogens is 2. The van der Waals surface area contributed by atoms with E-state index in [1.807, 2.05) is 0 Å². The second-order valence-corrected chi connectivity index (χ2v) is 5.74. The molecular weight excluding hydrogens is 332 g/mol. The average molecular weight is 349 g/mol. The molecule has 1 aliphatic rings. The number of aliphatic hydroxyl groups excluding tert-OH is 1. The molecule has 0 aliphatic carbocycles. The van der Waals surface area contributed by atoms with Crippen LogP contribution >= 0.6 is 0 Å². The molecule has 2 N–H and O–H groups in total. The number of carbonyl (C=O) groups is 1. The van der Waals surface area contributed by atoms with Crippen molar-refractivity contribution in [3.8, 4) is 11.5 Å². The van der Waals surface area contributed by atoms with Crippen molar-refractivity contribution in [2.24, 2.45) is 0 Å². The maximum atomic E-state index is 13.2. The number of hydrogen-bond acceptors (Lipinski definition) is 4. The van der Waals surface area contributed by atoms with Crippen molar-refractivity contribution in [3.63, 3.8) is 0 Å². The van der Waals surface area contributed by atoms with Crippen LogP contribution in [0.4, 0.5) is 8.78 Å². The van der Waals surface area contributed by atoms with Crippen LogP contribution in [0.15, 0.2) is 42.5 Å². The largest absolute Gasteiger partial charge is 0.482 e. The van der Waals surface area contributed by atoms with Gasteiger partial charge in [0.15, 0.2) is 23.1 Å². The molecule has 3 rings (SSSR count). The molecule has 0 unspecified atom stereocenters. The third-order valence-corrected chi connectivity index (χ3v) is 3.90. The minimum Gasteiger partial charge on any atom is -0.482 e. The highest BCUT2D eigenvalue weighted by molar-refractivity contribution is 5.82. The summed E-state index contributed by atoms with van der Waals surface area (Å²) in [4.78, 5) is 12.3. The molecular formula is C18H17F2NO4. The van der Waals surface area contributed by atoms with Crippen LogP contribution in [-0.2, 0) is 4.79 Å². The van der Waals surface area contributed by atoms with Gasteiger partial charge in [0.2, 0.25) is 6.10 Å². The lowest BCUT2D eigenvalue weighted by molar-refractivity contribution is -0.133. The van der Waals surface area contributed by atoms with Gasteiger partial charge in [-0.25, -0.2) is 8.78 Å². The third-order valence-electron chi connectivity index (χ3n) is 3.90. The lowest BCUT2D eigenvalue weighted by atomic mass is 10.1. The van der Waals surface area contributed by atoms with E-state index in [9.17, 15) is 18.7 Å². The van der Waals surface area contributed by atoms with Gasteiger partial charge in [-0.05, 0) is 36.8 Å². The Morgan fingerprint density at radius 3 is 2.52 bits per heavy atom. The first-order chi connectivity index (χ1) is 12.0. The van der Waals surface area contributed by atoms with E-state index in [-0.39, 0.29) is 12.1 Å². The maximum absolute atomic E-state index is 13.2. The Bertz CT molecular complexity index is 783. The molecule has 2 aromatic carbocycles. The van der Waals surface area contributed by atoms with Crippen molar-refractivity contribution < 1.29 is 28.2 Å². The van der Waals surface area contributed by atoms with Gasteiger partial charge in [0.1, 0.15) is 6.10 Å². The number of benzene rings is 2. The summed E-state index contributed by atoms with van der Waals surface area (Å²) in [7, 11) is 0. The summed E-state index contributed by atoms with van der Waals surface area (Å²) in [5, 5.41) is 12.6. The Balaban J connectivity index is 1.61. The summed E-state index contributed by atoms with van der Waals surface area (Å²) >= 11 is 0. The lowest BCUT2D eigenvalue weighted by Gasteiger charge is -2.31. The summed E-state index contributed by atoms with van der Waals surface area (Å²) in [5.74, 6) is -1.51. The number of carbonyl (C=O) groups excluding carboxylic acids is 1. The number of ether oxygens (including phenoxy) is 2. The predicted molar refractivity (Wildman–Crippen MR) is 85.3 cm³/mol. The molecule has 0 aromatic heterocycles. The first-order valence-corrected chi connectivity index (χ1v) is 7.79. The molecule has 7 heteroatoms. The van der Waals surface area contributed by atoms with Crippen LogP contribution in [0.3, 0.4) is 0 Å². The summed E-state index contributed by atoms with van der Waals surface area (Å²) in [6.07, 6.45) is -2.58. The van der Waals surface area contributed by atoms with E-state index < -0.39 is 35.9 Å². The number of hydrogen-bond donors (Lipinski definition) is 2. The van der Waals surface area contributed by atoms with E-state index in [0.29, 0.717) is 11.5 Å². The maximum Gasteiger partial charge on any atom is 0.265 e. The van der Waals surface area contributed by atoms with E-state index >= 15 is 0 Å². The Labute approximate surface area is 143 Å². The number of para-hydroxylation sites is 2. The van der Waals surface area contributed by atoms with E-state index in [1.54, 1.807) is 31.2 Å². The molecule has 0 saturated carbocycles. The molecule has 3 atom stereocenters. The normalized spacial score (nSPS) is 20.0. The molecule has 132 valence electrons. The average Bonchev–Trinajstić information content (AvgIpc) is 2.61. The van der Waals surface area contributed by atoms with E-state index in [0.717, 1.165) is 12.1 Å². The molecule has 0 spiro atoms. The predicted octanol–water partition coefficient (Wildman–Crippen LogP) is 2.34. The lowest BCUT2D eigenvalue weighted by Crippen LogP contribution is -2.49. The van der Waals surface area contributed by atoms with E-state index in [1.165, 1.54) is 6.07 Å². The van der Waals surface area contributed by atoms with Crippen LogP contribution in [-0.4, -0.2) is 29.8 Å². The van der Waals surface area contributed by atoms with Gasteiger partial charge in [0.25, 0.3) is 5.91 Å². The number of nitrogens with one attached hydrogen (secondary N) is 1. The van der Waals surface area contributed by atoms with Crippen molar-refractivity contribution >= 4 is 5.91 Å². The standard InChI is InChI=1S/C18H17F2NO4/c1-10-17(25-16-5-3-2-4-15(16)24-10)18(23)21-9-14(22)11-6-7-12(19)13(20)8-11/h2-8,10,14,17,22H,9H2,1H3,(H,21,23)/t10-,14+,17+/m0/s1. The van der Waals surface area contributed by atoms with Crippen LogP contribution in [0, 0.1) is 11.6 Å².